The number of amides is 3. The zero-order chi connectivity index (χ0) is 19.2. The predicted octanol–water partition coefficient (Wildman–Crippen LogP) is 0.535. The zero-order valence-electron chi connectivity index (χ0n) is 15.8. The minimum Gasteiger partial charge on any atom is -0.322 e. The quantitative estimate of drug-likeness (QED) is 0.658. The van der Waals surface area contributed by atoms with Gasteiger partial charge in [-0.1, -0.05) is 12.1 Å². The topological polar surface area (TPSA) is 90.5 Å². The molecule has 3 heterocycles. The van der Waals surface area contributed by atoms with Gasteiger partial charge in [-0.15, -0.1) is 0 Å². The molecule has 1 aromatic rings. The summed E-state index contributed by atoms with van der Waals surface area (Å²) in [5.41, 5.74) is 2.93. The Balaban J connectivity index is 1.44. The lowest BCUT2D eigenvalue weighted by Crippen LogP contribution is -2.63. The van der Waals surface area contributed by atoms with Crippen LogP contribution in [0.15, 0.2) is 18.2 Å². The highest BCUT2D eigenvalue weighted by Crippen LogP contribution is 2.30. The summed E-state index contributed by atoms with van der Waals surface area (Å²) in [6, 6.07) is 5.20. The molecular weight excluding hydrogens is 344 g/mol. The molecule has 3 aliphatic heterocycles. The predicted molar refractivity (Wildman–Crippen MR) is 99.8 cm³/mol. The maximum Gasteiger partial charge on any atom is 0.255 e. The summed E-state index contributed by atoms with van der Waals surface area (Å²) in [4.78, 5) is 38.0. The van der Waals surface area contributed by atoms with Crippen molar-refractivity contribution < 1.29 is 14.4 Å². The van der Waals surface area contributed by atoms with Gasteiger partial charge in [-0.25, -0.2) is 0 Å². The normalized spacial score (nSPS) is 26.6. The number of hydrogen-bond donors (Lipinski definition) is 3. The molecule has 3 N–H and O–H groups in total. The molecule has 1 aromatic carbocycles. The molecule has 0 aromatic heterocycles. The van der Waals surface area contributed by atoms with E-state index in [9.17, 15) is 14.4 Å². The molecule has 3 aliphatic rings. The lowest BCUT2D eigenvalue weighted by atomic mass is 9.80. The minimum absolute atomic E-state index is 0.120. The van der Waals surface area contributed by atoms with Gasteiger partial charge < -0.3 is 15.5 Å². The Bertz CT molecular complexity index is 804. The van der Waals surface area contributed by atoms with Crippen LogP contribution in [0, 0.1) is 5.92 Å². The number of carbonyl (C=O) groups excluding carboxylic acids is 3. The highest BCUT2D eigenvalue weighted by molar-refractivity contribution is 6.05. The van der Waals surface area contributed by atoms with Crippen LogP contribution in [0.3, 0.4) is 0 Å². The first-order chi connectivity index (χ1) is 12.9. The van der Waals surface area contributed by atoms with Gasteiger partial charge in [0.05, 0.1) is 0 Å². The standard InChI is InChI=1S/C20H26N4O3/c1-20(2)13(10-22-20)9-21-8-12-4-3-5-14-15(12)11-24(19(14)27)16-6-7-17(25)23-18(16)26/h3-5,13,16,21-22H,6-11H2,1-2H3,(H,23,25,26). The molecule has 2 atom stereocenters. The Morgan fingerprint density at radius 2 is 2.07 bits per heavy atom. The summed E-state index contributed by atoms with van der Waals surface area (Å²) in [5.74, 6) is -0.160. The molecule has 0 spiro atoms. The number of nitrogens with zero attached hydrogens (tertiary/aromatic N) is 1. The van der Waals surface area contributed by atoms with E-state index in [1.54, 1.807) is 4.90 Å². The van der Waals surface area contributed by atoms with Gasteiger partial charge in [-0.2, -0.15) is 0 Å². The van der Waals surface area contributed by atoms with Crippen molar-refractivity contribution in [1.29, 1.82) is 0 Å². The molecule has 7 nitrogen and oxygen atoms in total. The lowest BCUT2D eigenvalue weighted by Gasteiger charge is -2.46. The van der Waals surface area contributed by atoms with E-state index in [-0.39, 0.29) is 29.7 Å². The number of imide groups is 1. The van der Waals surface area contributed by atoms with Crippen molar-refractivity contribution >= 4 is 17.7 Å². The Morgan fingerprint density at radius 3 is 2.74 bits per heavy atom. The highest BCUT2D eigenvalue weighted by Gasteiger charge is 2.40. The third-order valence-corrected chi connectivity index (χ3v) is 6.21. The van der Waals surface area contributed by atoms with E-state index in [0.717, 1.165) is 24.2 Å². The summed E-state index contributed by atoms with van der Waals surface area (Å²) in [6.45, 7) is 7.49. The fourth-order valence-electron chi connectivity index (χ4n) is 4.18. The maximum atomic E-state index is 12.8. The van der Waals surface area contributed by atoms with Crippen molar-refractivity contribution in [3.63, 3.8) is 0 Å². The van der Waals surface area contributed by atoms with Gasteiger partial charge in [0.2, 0.25) is 11.8 Å². The van der Waals surface area contributed by atoms with Crippen molar-refractivity contribution in [2.45, 2.75) is 51.4 Å². The minimum atomic E-state index is -0.565. The summed E-state index contributed by atoms with van der Waals surface area (Å²) in [7, 11) is 0. The molecule has 2 fully saturated rings. The van der Waals surface area contributed by atoms with Gasteiger partial charge in [0.15, 0.2) is 0 Å². The number of fused-ring (bicyclic) bond motifs is 1. The number of hydrogen-bond acceptors (Lipinski definition) is 5. The summed E-state index contributed by atoms with van der Waals surface area (Å²) in [6.07, 6.45) is 0.665. The highest BCUT2D eigenvalue weighted by atomic mass is 16.2. The van der Waals surface area contributed by atoms with Crippen LogP contribution in [0.5, 0.6) is 0 Å². The number of piperidine rings is 1. The molecular formula is C20H26N4O3. The van der Waals surface area contributed by atoms with Gasteiger partial charge >= 0.3 is 0 Å². The Hall–Kier alpha value is -2.25. The van der Waals surface area contributed by atoms with Crippen LogP contribution in [0.2, 0.25) is 0 Å². The lowest BCUT2D eigenvalue weighted by molar-refractivity contribution is -0.136. The zero-order valence-corrected chi connectivity index (χ0v) is 15.8. The van der Waals surface area contributed by atoms with Crippen molar-refractivity contribution in [2.24, 2.45) is 5.92 Å². The number of benzene rings is 1. The molecule has 0 bridgehead atoms. The van der Waals surface area contributed by atoms with Gasteiger partial charge in [-0.05, 0) is 37.5 Å². The third-order valence-electron chi connectivity index (χ3n) is 6.21. The van der Waals surface area contributed by atoms with Gasteiger partial charge in [-0.3, -0.25) is 19.7 Å². The van der Waals surface area contributed by atoms with Crippen LogP contribution in [0.4, 0.5) is 0 Å². The molecule has 0 aliphatic carbocycles. The first-order valence-corrected chi connectivity index (χ1v) is 9.58. The van der Waals surface area contributed by atoms with Gasteiger partial charge in [0.1, 0.15) is 6.04 Å². The van der Waals surface area contributed by atoms with Gasteiger partial charge in [0, 0.05) is 49.6 Å². The van der Waals surface area contributed by atoms with Crippen molar-refractivity contribution in [3.8, 4) is 0 Å². The van der Waals surface area contributed by atoms with Crippen molar-refractivity contribution in [3.05, 3.63) is 34.9 Å². The monoisotopic (exact) mass is 370 g/mol. The molecule has 27 heavy (non-hydrogen) atoms. The van der Waals surface area contributed by atoms with E-state index in [2.05, 4.69) is 29.8 Å². The summed E-state index contributed by atoms with van der Waals surface area (Å²) < 4.78 is 0. The first kappa shape index (κ1) is 18.1. The van der Waals surface area contributed by atoms with Crippen LogP contribution in [-0.2, 0) is 22.7 Å². The number of carbonyl (C=O) groups is 3. The van der Waals surface area contributed by atoms with E-state index in [0.29, 0.717) is 31.0 Å². The molecule has 144 valence electrons. The van der Waals surface area contributed by atoms with Gasteiger partial charge in [0.25, 0.3) is 5.91 Å². The Kier molecular flexibility index (Phi) is 4.52. The van der Waals surface area contributed by atoms with Crippen molar-refractivity contribution in [1.82, 2.24) is 20.9 Å². The fourth-order valence-corrected chi connectivity index (χ4v) is 4.18. The van der Waals surface area contributed by atoms with E-state index < -0.39 is 6.04 Å². The second-order valence-corrected chi connectivity index (χ2v) is 8.27. The van der Waals surface area contributed by atoms with E-state index in [1.165, 1.54) is 0 Å². The fraction of sp³-hybridized carbons (Fsp3) is 0.550. The molecule has 3 amide bonds. The average molecular weight is 370 g/mol. The van der Waals surface area contributed by atoms with E-state index >= 15 is 0 Å². The molecule has 2 unspecified atom stereocenters. The van der Waals surface area contributed by atoms with Crippen LogP contribution in [-0.4, -0.2) is 47.3 Å². The van der Waals surface area contributed by atoms with Crippen LogP contribution < -0.4 is 16.0 Å². The maximum absolute atomic E-state index is 12.8. The average Bonchev–Trinajstić information content (AvgIpc) is 2.95. The molecule has 0 saturated carbocycles. The largest absolute Gasteiger partial charge is 0.322 e. The summed E-state index contributed by atoms with van der Waals surface area (Å²) >= 11 is 0. The molecule has 2 saturated heterocycles. The SMILES string of the molecule is CC1(C)NCC1CNCc1cccc2c1CN(C1CCC(=O)NC1=O)C2=O. The van der Waals surface area contributed by atoms with Crippen LogP contribution in [0.25, 0.3) is 0 Å². The molecule has 0 radical (unpaired) electrons. The van der Waals surface area contributed by atoms with Crippen LogP contribution in [0.1, 0.15) is 48.2 Å². The second kappa shape index (κ2) is 6.73. The Morgan fingerprint density at radius 1 is 1.26 bits per heavy atom. The van der Waals surface area contributed by atoms with Crippen molar-refractivity contribution in [2.75, 3.05) is 13.1 Å². The number of nitrogens with one attached hydrogen (secondary N) is 3. The smallest absolute Gasteiger partial charge is 0.255 e. The van der Waals surface area contributed by atoms with E-state index in [4.69, 9.17) is 0 Å². The Labute approximate surface area is 158 Å². The third kappa shape index (κ3) is 3.26. The van der Waals surface area contributed by atoms with E-state index in [1.807, 2.05) is 18.2 Å². The second-order valence-electron chi connectivity index (χ2n) is 8.27. The first-order valence-electron chi connectivity index (χ1n) is 9.58. The number of rotatable bonds is 5. The molecule has 7 heteroatoms. The van der Waals surface area contributed by atoms with Crippen LogP contribution >= 0.6 is 0 Å². The summed E-state index contributed by atoms with van der Waals surface area (Å²) in [5, 5.41) is 9.29. The molecule has 4 rings (SSSR count).